The van der Waals surface area contributed by atoms with Crippen LogP contribution in [0.3, 0.4) is 0 Å². The fraction of sp³-hybridized carbons (Fsp3) is 0.0286. The number of nitrogens with zero attached hydrogens (tertiary/aromatic N) is 2. The molecule has 11 nitrogen and oxygen atoms in total. The number of carbonyl (C=O) groups is 3. The Kier molecular flexibility index (Phi) is 9.69. The van der Waals surface area contributed by atoms with E-state index in [1.807, 2.05) is 30.3 Å². The number of fused-ring (bicyclic) bond motifs is 1. The quantitative estimate of drug-likeness (QED) is 0.0484. The Bertz CT molecular complexity index is 2180. The van der Waals surface area contributed by atoms with Gasteiger partial charge < -0.3 is 20.9 Å². The highest BCUT2D eigenvalue weighted by atomic mass is 32.2. The van der Waals surface area contributed by atoms with Crippen LogP contribution in [0.2, 0.25) is 0 Å². The maximum atomic E-state index is 13.6. The van der Waals surface area contributed by atoms with Crippen LogP contribution in [0.1, 0.15) is 15.9 Å². The van der Waals surface area contributed by atoms with E-state index < -0.39 is 16.7 Å². The molecule has 0 saturated carbocycles. The van der Waals surface area contributed by atoms with Crippen LogP contribution in [0, 0.1) is 10.1 Å². The van der Waals surface area contributed by atoms with E-state index in [1.165, 1.54) is 35.2 Å². The fourth-order valence-electron chi connectivity index (χ4n) is 4.72. The number of hydrogen-bond acceptors (Lipinski definition) is 8. The Hall–Kier alpha value is -6.05. The first-order valence-corrected chi connectivity index (χ1v) is 16.4. The summed E-state index contributed by atoms with van der Waals surface area (Å²) in [6.45, 7) is 0. The summed E-state index contributed by atoms with van der Waals surface area (Å²) in [7, 11) is 0. The lowest BCUT2D eigenvalue weighted by Gasteiger charge is -2.12. The van der Waals surface area contributed by atoms with Gasteiger partial charge in [0.25, 0.3) is 17.5 Å². The van der Waals surface area contributed by atoms with Crippen molar-refractivity contribution in [2.24, 2.45) is 0 Å². The minimum absolute atomic E-state index is 0.0423. The standard InChI is InChI=1S/C35H26N6O5S2/c42-32(40-35-39-31(20-48-35)23-10-6-12-26(16-23)41(45)46)21-47-27-13-7-11-25(18-27)37-34(44)30(38-33(43)22-8-2-1-3-9-22)17-24-19-36-29-15-5-4-14-28(24)29/h1-20,36H,21H2,(H,37,44)(H,38,43)(H,39,40,42)/b30-17-. The van der Waals surface area contributed by atoms with Gasteiger partial charge in [-0.25, -0.2) is 4.98 Å². The molecular weight excluding hydrogens is 649 g/mol. The number of aromatic amines is 1. The number of hydrogen-bond donors (Lipinski definition) is 4. The molecule has 238 valence electrons. The normalized spacial score (nSPS) is 11.2. The molecule has 0 unspecified atom stereocenters. The molecule has 0 aliphatic rings. The zero-order valence-electron chi connectivity index (χ0n) is 25.0. The number of thioether (sulfide) groups is 1. The molecule has 13 heteroatoms. The van der Waals surface area contributed by atoms with E-state index in [-0.39, 0.29) is 23.0 Å². The molecule has 0 aliphatic carbocycles. The number of nitrogens with one attached hydrogen (secondary N) is 4. The van der Waals surface area contributed by atoms with Crippen molar-refractivity contribution < 1.29 is 19.3 Å². The number of para-hydroxylation sites is 1. The largest absolute Gasteiger partial charge is 0.361 e. The number of carbonyl (C=O) groups excluding carboxylic acids is 3. The van der Waals surface area contributed by atoms with Crippen LogP contribution < -0.4 is 16.0 Å². The van der Waals surface area contributed by atoms with E-state index in [9.17, 15) is 24.5 Å². The van der Waals surface area contributed by atoms with E-state index in [4.69, 9.17) is 0 Å². The number of anilines is 2. The van der Waals surface area contributed by atoms with E-state index >= 15 is 0 Å². The maximum Gasteiger partial charge on any atom is 0.272 e. The third kappa shape index (κ3) is 7.84. The van der Waals surface area contributed by atoms with Crippen LogP contribution in [0.4, 0.5) is 16.5 Å². The molecule has 0 radical (unpaired) electrons. The Morgan fingerprint density at radius 1 is 0.917 bits per heavy atom. The molecule has 4 aromatic carbocycles. The molecule has 2 heterocycles. The summed E-state index contributed by atoms with van der Waals surface area (Å²) in [6.07, 6.45) is 3.40. The van der Waals surface area contributed by atoms with Gasteiger partial charge in [-0.05, 0) is 42.5 Å². The van der Waals surface area contributed by atoms with Crippen molar-refractivity contribution in [1.29, 1.82) is 0 Å². The van der Waals surface area contributed by atoms with Crippen LogP contribution in [0.5, 0.6) is 0 Å². The smallest absolute Gasteiger partial charge is 0.272 e. The first-order chi connectivity index (χ1) is 23.3. The molecule has 2 aromatic heterocycles. The van der Waals surface area contributed by atoms with Crippen LogP contribution >= 0.6 is 23.1 Å². The summed E-state index contributed by atoms with van der Waals surface area (Å²) in [4.78, 5) is 58.3. The van der Waals surface area contributed by atoms with Crippen LogP contribution in [0.15, 0.2) is 125 Å². The van der Waals surface area contributed by atoms with Gasteiger partial charge in [0.05, 0.1) is 16.4 Å². The van der Waals surface area contributed by atoms with Gasteiger partial charge in [-0.15, -0.1) is 23.1 Å². The van der Waals surface area contributed by atoms with Crippen molar-refractivity contribution in [1.82, 2.24) is 15.3 Å². The van der Waals surface area contributed by atoms with Gasteiger partial charge in [-0.1, -0.05) is 54.6 Å². The highest BCUT2D eigenvalue weighted by Gasteiger charge is 2.17. The van der Waals surface area contributed by atoms with Gasteiger partial charge in [-0.3, -0.25) is 24.5 Å². The number of rotatable bonds is 11. The number of nitro benzene ring substituents is 1. The summed E-state index contributed by atoms with van der Waals surface area (Å²) < 4.78 is 0. The molecule has 0 aliphatic heterocycles. The van der Waals surface area contributed by atoms with Crippen LogP contribution in [-0.2, 0) is 9.59 Å². The van der Waals surface area contributed by atoms with E-state index in [1.54, 1.807) is 78.3 Å². The highest BCUT2D eigenvalue weighted by Crippen LogP contribution is 2.28. The molecule has 4 N–H and O–H groups in total. The third-order valence-electron chi connectivity index (χ3n) is 7.01. The van der Waals surface area contributed by atoms with E-state index in [2.05, 4.69) is 25.9 Å². The minimum atomic E-state index is -0.521. The number of H-pyrrole nitrogens is 1. The number of amides is 3. The summed E-state index contributed by atoms with van der Waals surface area (Å²) in [5.41, 5.74) is 3.62. The second kappa shape index (κ2) is 14.6. The molecule has 0 saturated heterocycles. The lowest BCUT2D eigenvalue weighted by molar-refractivity contribution is -0.384. The Balaban J connectivity index is 1.11. The van der Waals surface area contributed by atoms with Crippen LogP contribution in [-0.4, -0.2) is 38.4 Å². The maximum absolute atomic E-state index is 13.6. The zero-order chi connectivity index (χ0) is 33.5. The van der Waals surface area contributed by atoms with Crippen LogP contribution in [0.25, 0.3) is 28.2 Å². The van der Waals surface area contributed by atoms with Crippen molar-refractivity contribution in [2.45, 2.75) is 4.90 Å². The molecule has 0 atom stereocenters. The summed E-state index contributed by atoms with van der Waals surface area (Å²) in [6, 6.07) is 29.4. The number of aromatic nitrogens is 2. The first-order valence-electron chi connectivity index (χ1n) is 14.5. The van der Waals surface area contributed by atoms with Gasteiger partial charge in [0.1, 0.15) is 5.70 Å². The lowest BCUT2D eigenvalue weighted by atomic mass is 10.1. The average molecular weight is 675 g/mol. The second-order valence-electron chi connectivity index (χ2n) is 10.3. The summed E-state index contributed by atoms with van der Waals surface area (Å²) >= 11 is 2.49. The monoisotopic (exact) mass is 674 g/mol. The van der Waals surface area contributed by atoms with Gasteiger partial charge in [0.15, 0.2) is 5.13 Å². The Labute approximate surface area is 282 Å². The molecule has 6 rings (SSSR count). The topological polar surface area (TPSA) is 159 Å². The molecular formula is C35H26N6O5S2. The van der Waals surface area contributed by atoms with E-state index in [0.717, 1.165) is 21.4 Å². The lowest BCUT2D eigenvalue weighted by Crippen LogP contribution is -2.30. The molecule has 0 fully saturated rings. The van der Waals surface area contributed by atoms with Gasteiger partial charge >= 0.3 is 0 Å². The first kappa shape index (κ1) is 31.9. The van der Waals surface area contributed by atoms with Crippen molar-refractivity contribution >= 4 is 74.3 Å². The second-order valence-corrected chi connectivity index (χ2v) is 12.2. The summed E-state index contributed by atoms with van der Waals surface area (Å²) in [5.74, 6) is -1.17. The fourth-order valence-corrected chi connectivity index (χ4v) is 6.21. The molecule has 3 amide bonds. The molecule has 6 aromatic rings. The summed E-state index contributed by atoms with van der Waals surface area (Å²) in [5, 5.41) is 22.5. The molecule has 0 bridgehead atoms. The van der Waals surface area contributed by atoms with Crippen molar-refractivity contribution in [3.63, 3.8) is 0 Å². The number of non-ortho nitro benzene ring substituents is 1. The van der Waals surface area contributed by atoms with E-state index in [0.29, 0.717) is 27.6 Å². The highest BCUT2D eigenvalue weighted by molar-refractivity contribution is 8.00. The number of benzene rings is 4. The van der Waals surface area contributed by atoms with Gasteiger partial charge in [0.2, 0.25) is 5.91 Å². The SMILES string of the molecule is O=C(CSc1cccc(NC(=O)/C(=C/c2c[nH]c3ccccc23)NC(=O)c2ccccc2)c1)Nc1nc(-c2cccc([N+](=O)[O-])c2)cs1. The predicted octanol–water partition coefficient (Wildman–Crippen LogP) is 7.34. The van der Waals surface area contributed by atoms with Crippen molar-refractivity contribution in [3.05, 3.63) is 142 Å². The Morgan fingerprint density at radius 2 is 1.71 bits per heavy atom. The average Bonchev–Trinajstić information content (AvgIpc) is 3.75. The van der Waals surface area contributed by atoms with Crippen molar-refractivity contribution in [3.8, 4) is 11.3 Å². The molecule has 48 heavy (non-hydrogen) atoms. The zero-order valence-corrected chi connectivity index (χ0v) is 26.6. The minimum Gasteiger partial charge on any atom is -0.361 e. The molecule has 0 spiro atoms. The predicted molar refractivity (Wildman–Crippen MR) is 189 cm³/mol. The Morgan fingerprint density at radius 3 is 2.54 bits per heavy atom. The number of thiazole rings is 1. The van der Waals surface area contributed by atoms with Gasteiger partial charge in [0, 0.05) is 61.9 Å². The van der Waals surface area contributed by atoms with Crippen molar-refractivity contribution in [2.75, 3.05) is 16.4 Å². The van der Waals surface area contributed by atoms with Gasteiger partial charge in [-0.2, -0.15) is 0 Å². The number of nitro groups is 1. The third-order valence-corrected chi connectivity index (χ3v) is 8.77.